The third-order valence-electron chi connectivity index (χ3n) is 4.38. The number of aromatic carboxylic acids is 1. The summed E-state index contributed by atoms with van der Waals surface area (Å²) in [6.07, 6.45) is 3.68. The Kier molecular flexibility index (Phi) is 5.38. The fourth-order valence-electron chi connectivity index (χ4n) is 3.02. The van der Waals surface area contributed by atoms with Gasteiger partial charge in [-0.15, -0.1) is 0 Å². The van der Waals surface area contributed by atoms with Crippen LogP contribution in [0, 0.1) is 5.92 Å². The van der Waals surface area contributed by atoms with Crippen LogP contribution < -0.4 is 14.4 Å². The van der Waals surface area contributed by atoms with E-state index in [1.54, 1.807) is 19.4 Å². The second-order valence-electron chi connectivity index (χ2n) is 6.15. The third kappa shape index (κ3) is 4.41. The van der Waals surface area contributed by atoms with Crippen molar-refractivity contribution >= 4 is 11.8 Å². The number of carboxylic acid groups (broad SMARTS) is 1. The summed E-state index contributed by atoms with van der Waals surface area (Å²) >= 11 is 0. The lowest BCUT2D eigenvalue weighted by molar-refractivity contribution is 0.0696. The van der Waals surface area contributed by atoms with Gasteiger partial charge in [0.2, 0.25) is 0 Å². The zero-order valence-corrected chi connectivity index (χ0v) is 14.2. The van der Waals surface area contributed by atoms with E-state index in [-0.39, 0.29) is 5.56 Å². The summed E-state index contributed by atoms with van der Waals surface area (Å²) in [5.41, 5.74) is 0.265. The van der Waals surface area contributed by atoms with Crippen LogP contribution in [0.4, 0.5) is 5.82 Å². The van der Waals surface area contributed by atoms with Crippen molar-refractivity contribution in [1.82, 2.24) is 4.98 Å². The Bertz CT molecular complexity index is 718. The van der Waals surface area contributed by atoms with E-state index in [4.69, 9.17) is 14.6 Å². The zero-order valence-electron chi connectivity index (χ0n) is 14.2. The van der Waals surface area contributed by atoms with Gasteiger partial charge in [0.15, 0.2) is 0 Å². The Morgan fingerprint density at radius 2 is 2.04 bits per heavy atom. The molecule has 2 aromatic rings. The molecular formula is C19H22N2O4. The maximum absolute atomic E-state index is 11.1. The van der Waals surface area contributed by atoms with Crippen molar-refractivity contribution < 1.29 is 19.4 Å². The number of hydrogen-bond acceptors (Lipinski definition) is 5. The molecule has 25 heavy (non-hydrogen) atoms. The average Bonchev–Trinajstić information content (AvgIpc) is 2.67. The molecular weight excluding hydrogens is 320 g/mol. The molecule has 1 unspecified atom stereocenters. The number of hydrogen-bond donors (Lipinski definition) is 1. The van der Waals surface area contributed by atoms with Gasteiger partial charge in [-0.05, 0) is 49.2 Å². The minimum Gasteiger partial charge on any atom is -0.497 e. The Balaban J connectivity index is 1.59. The second kappa shape index (κ2) is 7.88. The van der Waals surface area contributed by atoms with E-state index in [0.717, 1.165) is 37.4 Å². The maximum Gasteiger partial charge on any atom is 0.335 e. The van der Waals surface area contributed by atoms with Crippen LogP contribution in [-0.2, 0) is 0 Å². The molecule has 1 N–H and O–H groups in total. The van der Waals surface area contributed by atoms with Gasteiger partial charge in [-0.25, -0.2) is 9.78 Å². The highest BCUT2D eigenvalue weighted by atomic mass is 16.5. The van der Waals surface area contributed by atoms with Crippen molar-refractivity contribution in [2.45, 2.75) is 12.8 Å². The number of benzene rings is 1. The molecule has 0 saturated carbocycles. The van der Waals surface area contributed by atoms with Crippen molar-refractivity contribution in [3.8, 4) is 11.5 Å². The van der Waals surface area contributed by atoms with E-state index in [1.165, 1.54) is 6.07 Å². The van der Waals surface area contributed by atoms with Crippen LogP contribution in [-0.4, -0.2) is 42.9 Å². The number of aromatic nitrogens is 1. The maximum atomic E-state index is 11.1. The van der Waals surface area contributed by atoms with Gasteiger partial charge in [0, 0.05) is 25.2 Å². The molecule has 0 aliphatic carbocycles. The summed E-state index contributed by atoms with van der Waals surface area (Å²) in [5.74, 6) is 1.80. The topological polar surface area (TPSA) is 71.9 Å². The standard InChI is InChI=1S/C19H22N2O4/c1-24-16-4-6-17(7-5-16)25-13-14-3-2-10-21(12-14)18-11-15(19(22)23)8-9-20-18/h4-9,11,14H,2-3,10,12-13H2,1H3,(H,22,23). The molecule has 6 nitrogen and oxygen atoms in total. The van der Waals surface area contributed by atoms with Crippen LogP contribution in [0.5, 0.6) is 11.5 Å². The molecule has 1 saturated heterocycles. The molecule has 0 radical (unpaired) electrons. The van der Waals surface area contributed by atoms with Crippen molar-refractivity contribution in [3.05, 3.63) is 48.2 Å². The number of piperidine rings is 1. The summed E-state index contributed by atoms with van der Waals surface area (Å²) in [6, 6.07) is 10.7. The van der Waals surface area contributed by atoms with E-state index < -0.39 is 5.97 Å². The van der Waals surface area contributed by atoms with Crippen LogP contribution in [0.2, 0.25) is 0 Å². The first-order valence-corrected chi connectivity index (χ1v) is 8.37. The summed E-state index contributed by atoms with van der Waals surface area (Å²) < 4.78 is 11.0. The minimum absolute atomic E-state index is 0.265. The number of pyridine rings is 1. The Morgan fingerprint density at radius 3 is 2.76 bits per heavy atom. The van der Waals surface area contributed by atoms with Crippen molar-refractivity contribution in [1.29, 1.82) is 0 Å². The first-order chi connectivity index (χ1) is 12.2. The fraction of sp³-hybridized carbons (Fsp3) is 0.368. The zero-order chi connectivity index (χ0) is 17.6. The highest BCUT2D eigenvalue weighted by Gasteiger charge is 2.22. The van der Waals surface area contributed by atoms with Crippen LogP contribution in [0.15, 0.2) is 42.6 Å². The second-order valence-corrected chi connectivity index (χ2v) is 6.15. The number of rotatable bonds is 6. The molecule has 0 spiro atoms. The minimum atomic E-state index is -0.931. The lowest BCUT2D eigenvalue weighted by Gasteiger charge is -2.33. The average molecular weight is 342 g/mol. The van der Waals surface area contributed by atoms with Gasteiger partial charge in [-0.1, -0.05) is 0 Å². The molecule has 0 amide bonds. The normalized spacial score (nSPS) is 17.2. The van der Waals surface area contributed by atoms with E-state index in [1.807, 2.05) is 24.3 Å². The number of anilines is 1. The van der Waals surface area contributed by atoms with E-state index in [9.17, 15) is 4.79 Å². The van der Waals surface area contributed by atoms with Gasteiger partial charge in [-0.3, -0.25) is 0 Å². The largest absolute Gasteiger partial charge is 0.497 e. The first kappa shape index (κ1) is 17.1. The summed E-state index contributed by atoms with van der Waals surface area (Å²) in [4.78, 5) is 17.6. The number of carbonyl (C=O) groups is 1. The van der Waals surface area contributed by atoms with Gasteiger partial charge < -0.3 is 19.5 Å². The molecule has 132 valence electrons. The van der Waals surface area contributed by atoms with Crippen LogP contribution in [0.1, 0.15) is 23.2 Å². The van der Waals surface area contributed by atoms with Crippen molar-refractivity contribution in [3.63, 3.8) is 0 Å². The fourth-order valence-corrected chi connectivity index (χ4v) is 3.02. The highest BCUT2D eigenvalue weighted by molar-refractivity contribution is 5.88. The molecule has 1 aromatic carbocycles. The Hall–Kier alpha value is -2.76. The van der Waals surface area contributed by atoms with Gasteiger partial charge in [-0.2, -0.15) is 0 Å². The molecule has 1 aliphatic rings. The molecule has 1 fully saturated rings. The number of carboxylic acids is 1. The van der Waals surface area contributed by atoms with Gasteiger partial charge in [0.25, 0.3) is 0 Å². The number of ether oxygens (including phenoxy) is 2. The highest BCUT2D eigenvalue weighted by Crippen LogP contribution is 2.24. The van der Waals surface area contributed by atoms with Gasteiger partial charge in [0.05, 0.1) is 19.3 Å². The lowest BCUT2D eigenvalue weighted by atomic mass is 9.99. The van der Waals surface area contributed by atoms with Crippen LogP contribution in [0.25, 0.3) is 0 Å². The smallest absolute Gasteiger partial charge is 0.335 e. The van der Waals surface area contributed by atoms with Crippen molar-refractivity contribution in [2.24, 2.45) is 5.92 Å². The number of nitrogens with zero attached hydrogens (tertiary/aromatic N) is 2. The SMILES string of the molecule is COc1ccc(OCC2CCCN(c3cc(C(=O)O)ccn3)C2)cc1. The Labute approximate surface area is 147 Å². The molecule has 1 aliphatic heterocycles. The molecule has 3 rings (SSSR count). The lowest BCUT2D eigenvalue weighted by Crippen LogP contribution is -2.38. The molecule has 1 aromatic heterocycles. The predicted molar refractivity (Wildman–Crippen MR) is 94.6 cm³/mol. The van der Waals surface area contributed by atoms with E-state index in [2.05, 4.69) is 9.88 Å². The van der Waals surface area contributed by atoms with E-state index >= 15 is 0 Å². The van der Waals surface area contributed by atoms with E-state index in [0.29, 0.717) is 18.3 Å². The monoisotopic (exact) mass is 342 g/mol. The predicted octanol–water partition coefficient (Wildman–Crippen LogP) is 3.08. The summed E-state index contributed by atoms with van der Waals surface area (Å²) in [7, 11) is 1.64. The third-order valence-corrected chi connectivity index (χ3v) is 4.38. The first-order valence-electron chi connectivity index (χ1n) is 8.37. The molecule has 6 heteroatoms. The quantitative estimate of drug-likeness (QED) is 0.870. The summed E-state index contributed by atoms with van der Waals surface area (Å²) in [5, 5.41) is 9.13. The molecule has 0 bridgehead atoms. The van der Waals surface area contributed by atoms with Gasteiger partial charge >= 0.3 is 5.97 Å². The van der Waals surface area contributed by atoms with Gasteiger partial charge in [0.1, 0.15) is 17.3 Å². The summed E-state index contributed by atoms with van der Waals surface area (Å²) in [6.45, 7) is 2.32. The van der Waals surface area contributed by atoms with Crippen molar-refractivity contribution in [2.75, 3.05) is 31.7 Å². The van der Waals surface area contributed by atoms with Crippen LogP contribution >= 0.6 is 0 Å². The number of methoxy groups -OCH3 is 1. The molecule has 2 heterocycles. The molecule has 1 atom stereocenters. The van der Waals surface area contributed by atoms with Crippen LogP contribution in [0.3, 0.4) is 0 Å². The Morgan fingerprint density at radius 1 is 1.28 bits per heavy atom.